The Balaban J connectivity index is 1.66. The molecular formula is C18H15F8NO8S. The van der Waals surface area contributed by atoms with E-state index in [-0.39, 0.29) is 18.7 Å². The van der Waals surface area contributed by atoms with Crippen molar-refractivity contribution in [2.24, 2.45) is 0 Å². The van der Waals surface area contributed by atoms with Gasteiger partial charge in [-0.05, 0) is 30.7 Å². The largest absolute Gasteiger partial charge is 0.475 e. The summed E-state index contributed by atoms with van der Waals surface area (Å²) in [4.78, 5) is 25.2. The van der Waals surface area contributed by atoms with Crippen LogP contribution in [0.2, 0.25) is 0 Å². The molecule has 3 aliphatic rings. The van der Waals surface area contributed by atoms with Gasteiger partial charge in [0.1, 0.15) is 22.9 Å². The first-order valence-corrected chi connectivity index (χ1v) is 11.8. The van der Waals surface area contributed by atoms with Crippen LogP contribution in [0.15, 0.2) is 22.6 Å². The molecule has 1 aromatic rings. The molecule has 0 N–H and O–H groups in total. The summed E-state index contributed by atoms with van der Waals surface area (Å²) in [5.74, 6) is -2.47. The topological polar surface area (TPSA) is 106 Å². The molecule has 3 aliphatic heterocycles. The smallest absolute Gasteiger partial charge is 0.430 e. The van der Waals surface area contributed by atoms with E-state index in [1.807, 2.05) is 0 Å². The number of benzene rings is 1. The van der Waals surface area contributed by atoms with Crippen LogP contribution in [0.25, 0.3) is 6.08 Å². The van der Waals surface area contributed by atoms with E-state index in [4.69, 9.17) is 18.9 Å². The van der Waals surface area contributed by atoms with Gasteiger partial charge in [0.2, 0.25) is 6.10 Å². The number of fused-ring (bicyclic) bond motifs is 2. The van der Waals surface area contributed by atoms with E-state index < -0.39 is 91.9 Å². The molecule has 0 bridgehead atoms. The van der Waals surface area contributed by atoms with Gasteiger partial charge in [0.25, 0.3) is 5.09 Å². The maximum absolute atomic E-state index is 13.7. The highest BCUT2D eigenvalue weighted by Gasteiger charge is 2.66. The minimum Gasteiger partial charge on any atom is -0.475 e. The molecule has 5 atom stereocenters. The van der Waals surface area contributed by atoms with Crippen molar-refractivity contribution in [3.05, 3.63) is 38.9 Å². The fraction of sp³-hybridized carbons (Fsp3) is 0.500. The van der Waals surface area contributed by atoms with Crippen molar-refractivity contribution in [3.63, 3.8) is 0 Å². The zero-order valence-electron chi connectivity index (χ0n) is 17.7. The molecule has 2 saturated heterocycles. The molecule has 1 unspecified atom stereocenters. The Kier molecular flexibility index (Phi) is 5.52. The van der Waals surface area contributed by atoms with Crippen LogP contribution >= 0.6 is 10.2 Å². The molecule has 9 nitrogen and oxygen atoms in total. The first kappa shape index (κ1) is 26.2. The Bertz CT molecular complexity index is 1160. The highest BCUT2D eigenvalue weighted by Crippen LogP contribution is 3.02. The minimum absolute atomic E-state index is 0.0398. The van der Waals surface area contributed by atoms with Crippen molar-refractivity contribution in [3.8, 4) is 5.75 Å². The number of nitrogens with zero attached hydrogens (tertiary/aromatic N) is 1. The molecule has 0 aromatic heterocycles. The zero-order valence-corrected chi connectivity index (χ0v) is 18.5. The number of carbonyl (C=O) groups excluding carboxylic acids is 1. The first-order valence-electron chi connectivity index (χ1n) is 9.83. The minimum atomic E-state index is -10.2. The Morgan fingerprint density at radius 1 is 1.08 bits per heavy atom. The Morgan fingerprint density at radius 3 is 2.22 bits per heavy atom. The van der Waals surface area contributed by atoms with Crippen LogP contribution in [0.1, 0.15) is 11.1 Å². The van der Waals surface area contributed by atoms with E-state index in [9.17, 15) is 47.5 Å². The second kappa shape index (κ2) is 7.58. The molecule has 4 rings (SSSR count). The third kappa shape index (κ3) is 5.01. The lowest BCUT2D eigenvalue weighted by Gasteiger charge is -2.41. The van der Waals surface area contributed by atoms with E-state index >= 15 is 0 Å². The maximum atomic E-state index is 13.7. The number of aryl methyl sites for hydroxylation is 1. The van der Waals surface area contributed by atoms with E-state index in [0.29, 0.717) is 6.08 Å². The van der Waals surface area contributed by atoms with Crippen molar-refractivity contribution in [2.45, 2.75) is 48.5 Å². The van der Waals surface area contributed by atoms with Crippen molar-refractivity contribution in [1.29, 1.82) is 0 Å². The van der Waals surface area contributed by atoms with E-state index in [1.54, 1.807) is 0 Å². The monoisotopic (exact) mass is 557 g/mol. The maximum Gasteiger partial charge on any atom is 0.430 e. The molecule has 202 valence electrons. The second-order valence-electron chi connectivity index (χ2n) is 8.17. The highest BCUT2D eigenvalue weighted by molar-refractivity contribution is 8.45. The summed E-state index contributed by atoms with van der Waals surface area (Å²) in [7, 11) is -10.2. The lowest BCUT2D eigenvalue weighted by atomic mass is 9.99. The molecule has 2 fully saturated rings. The van der Waals surface area contributed by atoms with Gasteiger partial charge in [-0.25, -0.2) is 4.79 Å². The third-order valence-electron chi connectivity index (χ3n) is 5.53. The normalized spacial score (nSPS) is 29.7. The summed E-state index contributed by atoms with van der Waals surface area (Å²) in [6.07, 6.45) is -12.7. The van der Waals surface area contributed by atoms with Crippen LogP contribution in [0.3, 0.4) is 0 Å². The van der Waals surface area contributed by atoms with Crippen LogP contribution in [-0.2, 0) is 23.8 Å². The Labute approximate surface area is 195 Å². The van der Waals surface area contributed by atoms with Gasteiger partial charge in [0, 0.05) is 5.56 Å². The fourth-order valence-corrected chi connectivity index (χ4v) is 4.78. The average molecular weight is 557 g/mol. The summed E-state index contributed by atoms with van der Waals surface area (Å²) < 4.78 is 128. The lowest BCUT2D eigenvalue weighted by molar-refractivity contribution is -0.769. The molecule has 36 heavy (non-hydrogen) atoms. The van der Waals surface area contributed by atoms with Gasteiger partial charge in [-0.3, -0.25) is 0 Å². The number of halogens is 8. The van der Waals surface area contributed by atoms with Crippen LogP contribution < -0.4 is 4.74 Å². The van der Waals surface area contributed by atoms with E-state index in [0.717, 1.165) is 6.92 Å². The summed E-state index contributed by atoms with van der Waals surface area (Å²) in [5, 5.41) is 9.42. The molecule has 0 aliphatic carbocycles. The molecular weight excluding hydrogens is 542 g/mol. The second-order valence-corrected chi connectivity index (χ2v) is 10.6. The number of hydrogen-bond donors (Lipinski definition) is 0. The molecule has 1 aromatic carbocycles. The third-order valence-corrected chi connectivity index (χ3v) is 6.65. The average Bonchev–Trinajstić information content (AvgIpc) is 3.27. The van der Waals surface area contributed by atoms with Crippen molar-refractivity contribution < 1.29 is 66.3 Å². The summed E-state index contributed by atoms with van der Waals surface area (Å²) in [6, 6.07) is -0.153. The van der Waals surface area contributed by atoms with Gasteiger partial charge in [0.15, 0.2) is 12.2 Å². The standard InChI is InChI=1S/C18H15F8NO8S/c1-7-2-9(36(22,23,24,25)26)3-8-4-10(16(18(19,20)21)34-13(7)8)17(28)33-11-5-31-15-12(35-27(29)30)6-32-14(11)15/h2-4,11-12,14-16H,5-6H2,1H3/t11-,12+,14+,15+,16?/m0/s1. The Hall–Kier alpha value is -2.86. The molecule has 0 saturated carbocycles. The molecule has 3 heterocycles. The van der Waals surface area contributed by atoms with Gasteiger partial charge in [-0.1, -0.05) is 19.4 Å². The number of alkyl halides is 3. The van der Waals surface area contributed by atoms with Crippen LogP contribution in [0.5, 0.6) is 5.75 Å². The van der Waals surface area contributed by atoms with Gasteiger partial charge < -0.3 is 23.8 Å². The van der Waals surface area contributed by atoms with Crippen LogP contribution in [0.4, 0.5) is 32.6 Å². The number of carbonyl (C=O) groups is 1. The quantitative estimate of drug-likeness (QED) is 0.223. The van der Waals surface area contributed by atoms with Gasteiger partial charge in [-0.15, -0.1) is 10.1 Å². The van der Waals surface area contributed by atoms with Gasteiger partial charge in [0.05, 0.1) is 18.8 Å². The lowest BCUT2D eigenvalue weighted by Crippen LogP contribution is -2.43. The fourth-order valence-electron chi connectivity index (χ4n) is 4.03. The zero-order chi connectivity index (χ0) is 26.9. The van der Waals surface area contributed by atoms with Crippen LogP contribution in [0, 0.1) is 17.0 Å². The number of ether oxygens (including phenoxy) is 4. The number of rotatable bonds is 5. The number of esters is 1. The molecule has 0 spiro atoms. The summed E-state index contributed by atoms with van der Waals surface area (Å²) in [5.41, 5.74) is -2.83. The molecule has 0 amide bonds. The number of hydrogen-bond acceptors (Lipinski definition) is 8. The van der Waals surface area contributed by atoms with Gasteiger partial charge >= 0.3 is 22.4 Å². The SMILES string of the molecule is Cc1cc(S(F)(F)(F)(F)F)cc2c1OC(C(F)(F)F)C(C(=O)O[C@H]1CO[C@H]3[C@@H]1OC[C@H]3O[N+](=O)[O-])=C2. The predicted molar refractivity (Wildman–Crippen MR) is 102 cm³/mol. The summed E-state index contributed by atoms with van der Waals surface area (Å²) >= 11 is 0. The Morgan fingerprint density at radius 2 is 1.67 bits per heavy atom. The van der Waals surface area contributed by atoms with Gasteiger partial charge in [-0.2, -0.15) is 13.2 Å². The predicted octanol–water partition coefficient (Wildman–Crippen LogP) is 4.65. The van der Waals surface area contributed by atoms with E-state index in [2.05, 4.69) is 4.84 Å². The van der Waals surface area contributed by atoms with E-state index in [1.165, 1.54) is 0 Å². The van der Waals surface area contributed by atoms with Crippen molar-refractivity contribution in [2.75, 3.05) is 13.2 Å². The first-order chi connectivity index (χ1) is 16.2. The summed E-state index contributed by atoms with van der Waals surface area (Å²) in [6.45, 7) is 0.0337. The molecule has 0 radical (unpaired) electrons. The van der Waals surface area contributed by atoms with Crippen LogP contribution in [-0.4, -0.2) is 61.0 Å². The highest BCUT2D eigenvalue weighted by atomic mass is 32.5. The van der Waals surface area contributed by atoms with Crippen molar-refractivity contribution in [1.82, 2.24) is 0 Å². The van der Waals surface area contributed by atoms with Crippen molar-refractivity contribution >= 4 is 22.3 Å². The molecule has 18 heteroatoms.